The third-order valence-electron chi connectivity index (χ3n) is 1.22. The molecule has 0 N–H and O–H groups in total. The fourth-order valence-electron chi connectivity index (χ4n) is 0.721. The maximum Gasteiger partial charge on any atom is 0.236 e. The van der Waals surface area contributed by atoms with Crippen molar-refractivity contribution in [3.05, 3.63) is 36.5 Å². The second-order valence-corrected chi connectivity index (χ2v) is 3.07. The van der Waals surface area contributed by atoms with E-state index in [1.54, 1.807) is 24.4 Å². The van der Waals surface area contributed by atoms with Crippen LogP contribution in [0.4, 0.5) is 0 Å². The fourth-order valence-corrected chi connectivity index (χ4v) is 1.40. The van der Waals surface area contributed by atoms with Crippen molar-refractivity contribution in [1.82, 2.24) is 4.98 Å². The average molecular weight is 178 g/mol. The number of pyridine rings is 1. The molecule has 0 spiro atoms. The molecule has 0 saturated heterocycles. The first-order valence-corrected chi connectivity index (χ1v) is 4.44. The maximum absolute atomic E-state index is 10.4. The molecule has 0 fully saturated rings. The summed E-state index contributed by atoms with van der Waals surface area (Å²) in [6.07, 6.45) is 5.27. The van der Waals surface area contributed by atoms with Crippen LogP contribution >= 0.6 is 11.8 Å². The van der Waals surface area contributed by atoms with Crippen molar-refractivity contribution in [3.8, 4) is 0 Å². The SMILES string of the molecule is C=CCSc1ncccc1[C]=O. The summed E-state index contributed by atoms with van der Waals surface area (Å²) in [5, 5.41) is 0.715. The Morgan fingerprint density at radius 2 is 2.58 bits per heavy atom. The van der Waals surface area contributed by atoms with Crippen molar-refractivity contribution in [2.75, 3.05) is 5.75 Å². The number of thioether (sulfide) groups is 1. The highest BCUT2D eigenvalue weighted by atomic mass is 32.2. The molecular formula is C9H8NOS. The van der Waals surface area contributed by atoms with E-state index in [9.17, 15) is 4.79 Å². The Bertz CT molecular complexity index is 286. The van der Waals surface area contributed by atoms with Crippen LogP contribution < -0.4 is 0 Å². The van der Waals surface area contributed by atoms with Gasteiger partial charge in [0.05, 0.1) is 5.56 Å². The summed E-state index contributed by atoms with van der Waals surface area (Å²) < 4.78 is 0. The molecule has 0 saturated carbocycles. The zero-order chi connectivity index (χ0) is 8.81. The van der Waals surface area contributed by atoms with E-state index in [0.29, 0.717) is 10.6 Å². The van der Waals surface area contributed by atoms with Gasteiger partial charge in [0.2, 0.25) is 6.29 Å². The summed E-state index contributed by atoms with van der Waals surface area (Å²) in [7, 11) is 0. The molecule has 0 aliphatic rings. The van der Waals surface area contributed by atoms with Gasteiger partial charge in [0.1, 0.15) is 5.03 Å². The molecule has 1 heterocycles. The lowest BCUT2D eigenvalue weighted by Crippen LogP contribution is -1.88. The third kappa shape index (κ3) is 2.20. The van der Waals surface area contributed by atoms with Gasteiger partial charge in [-0.2, -0.15) is 0 Å². The molecule has 0 aromatic carbocycles. The van der Waals surface area contributed by atoms with Crippen LogP contribution in [0.15, 0.2) is 36.0 Å². The Kier molecular flexibility index (Phi) is 3.54. The average Bonchev–Trinajstić information content (AvgIpc) is 2.15. The number of nitrogens with zero attached hydrogens (tertiary/aromatic N) is 1. The van der Waals surface area contributed by atoms with E-state index >= 15 is 0 Å². The monoisotopic (exact) mass is 178 g/mol. The van der Waals surface area contributed by atoms with Gasteiger partial charge in [-0.1, -0.05) is 6.08 Å². The molecule has 2 nitrogen and oxygen atoms in total. The van der Waals surface area contributed by atoms with Gasteiger partial charge in [-0.05, 0) is 12.1 Å². The molecule has 1 rings (SSSR count). The first kappa shape index (κ1) is 9.00. The van der Waals surface area contributed by atoms with Crippen LogP contribution in [-0.2, 0) is 4.79 Å². The van der Waals surface area contributed by atoms with E-state index in [1.807, 2.05) is 6.29 Å². The smallest absolute Gasteiger partial charge is 0.236 e. The van der Waals surface area contributed by atoms with Gasteiger partial charge in [0.25, 0.3) is 0 Å². The summed E-state index contributed by atoms with van der Waals surface area (Å²) in [5.41, 5.74) is 0.518. The van der Waals surface area contributed by atoms with E-state index in [-0.39, 0.29) is 0 Å². The van der Waals surface area contributed by atoms with Crippen molar-refractivity contribution < 1.29 is 4.79 Å². The highest BCUT2D eigenvalue weighted by molar-refractivity contribution is 7.99. The maximum atomic E-state index is 10.4. The van der Waals surface area contributed by atoms with E-state index in [1.165, 1.54) is 11.8 Å². The molecule has 0 aliphatic heterocycles. The summed E-state index contributed by atoms with van der Waals surface area (Å²) in [5.74, 6) is 0.756. The van der Waals surface area contributed by atoms with Gasteiger partial charge in [-0.15, -0.1) is 18.3 Å². The number of aromatic nitrogens is 1. The summed E-state index contributed by atoms with van der Waals surface area (Å²) >= 11 is 1.48. The molecule has 61 valence electrons. The first-order chi connectivity index (χ1) is 5.88. The van der Waals surface area contributed by atoms with E-state index in [4.69, 9.17) is 0 Å². The second-order valence-electron chi connectivity index (χ2n) is 2.06. The molecule has 1 aromatic heterocycles. The lowest BCUT2D eigenvalue weighted by Gasteiger charge is -1.98. The zero-order valence-corrected chi connectivity index (χ0v) is 7.30. The Morgan fingerprint density at radius 1 is 1.75 bits per heavy atom. The van der Waals surface area contributed by atoms with Gasteiger partial charge >= 0.3 is 0 Å². The lowest BCUT2D eigenvalue weighted by atomic mass is 10.3. The van der Waals surface area contributed by atoms with Gasteiger partial charge in [0.15, 0.2) is 0 Å². The van der Waals surface area contributed by atoms with Gasteiger partial charge in [-0.3, -0.25) is 4.79 Å². The summed E-state index contributed by atoms with van der Waals surface area (Å²) in [6.45, 7) is 3.58. The lowest BCUT2D eigenvalue weighted by molar-refractivity contribution is 0.561. The first-order valence-electron chi connectivity index (χ1n) is 3.45. The van der Waals surface area contributed by atoms with Crippen LogP contribution in [0.5, 0.6) is 0 Å². The van der Waals surface area contributed by atoms with Gasteiger partial charge < -0.3 is 0 Å². The molecule has 1 radical (unpaired) electrons. The van der Waals surface area contributed by atoms with Crippen molar-refractivity contribution in [1.29, 1.82) is 0 Å². The van der Waals surface area contributed by atoms with Crippen LogP contribution in [-0.4, -0.2) is 17.0 Å². The predicted molar refractivity (Wildman–Crippen MR) is 50.0 cm³/mol. The van der Waals surface area contributed by atoms with Crippen LogP contribution in [0.1, 0.15) is 5.56 Å². The number of hydrogen-bond donors (Lipinski definition) is 0. The quantitative estimate of drug-likeness (QED) is 0.520. The Morgan fingerprint density at radius 3 is 3.25 bits per heavy atom. The molecule has 12 heavy (non-hydrogen) atoms. The second kappa shape index (κ2) is 4.72. The van der Waals surface area contributed by atoms with Crippen LogP contribution in [0.25, 0.3) is 0 Å². The van der Waals surface area contributed by atoms with Gasteiger partial charge in [-0.25, -0.2) is 4.98 Å². The van der Waals surface area contributed by atoms with Crippen molar-refractivity contribution in [3.63, 3.8) is 0 Å². The summed E-state index contributed by atoms with van der Waals surface area (Å²) in [6, 6.07) is 3.42. The molecule has 0 amide bonds. The minimum absolute atomic E-state index is 0.518. The molecule has 0 unspecified atom stereocenters. The highest BCUT2D eigenvalue weighted by Crippen LogP contribution is 2.17. The van der Waals surface area contributed by atoms with Crippen LogP contribution in [0.2, 0.25) is 0 Å². The standard InChI is InChI=1S/C9H8NOS/c1-2-6-12-9-8(7-11)4-3-5-10-9/h2-5H,1,6H2. The van der Waals surface area contributed by atoms with Crippen molar-refractivity contribution >= 4 is 18.0 Å². The minimum atomic E-state index is 0.518. The number of rotatable bonds is 4. The molecule has 0 atom stereocenters. The van der Waals surface area contributed by atoms with Crippen molar-refractivity contribution in [2.24, 2.45) is 0 Å². The highest BCUT2D eigenvalue weighted by Gasteiger charge is 2.01. The van der Waals surface area contributed by atoms with E-state index < -0.39 is 0 Å². The summed E-state index contributed by atoms with van der Waals surface area (Å²) in [4.78, 5) is 14.4. The normalized spacial score (nSPS) is 9.33. The predicted octanol–water partition coefficient (Wildman–Crippen LogP) is 1.82. The van der Waals surface area contributed by atoms with Crippen LogP contribution in [0.3, 0.4) is 0 Å². The van der Waals surface area contributed by atoms with Gasteiger partial charge in [0, 0.05) is 11.9 Å². The minimum Gasteiger partial charge on any atom is -0.285 e. The largest absolute Gasteiger partial charge is 0.285 e. The molecular weight excluding hydrogens is 170 g/mol. The Balaban J connectivity index is 2.81. The number of hydrogen-bond acceptors (Lipinski definition) is 3. The van der Waals surface area contributed by atoms with E-state index in [2.05, 4.69) is 11.6 Å². The molecule has 3 heteroatoms. The number of carbonyl (C=O) groups excluding carboxylic acids is 1. The topological polar surface area (TPSA) is 30.0 Å². The third-order valence-corrected chi connectivity index (χ3v) is 2.22. The van der Waals surface area contributed by atoms with Crippen molar-refractivity contribution in [2.45, 2.75) is 5.03 Å². The Labute approximate surface area is 75.7 Å². The Hall–Kier alpha value is -1.09. The van der Waals surface area contributed by atoms with Crippen LogP contribution in [0, 0.1) is 0 Å². The molecule has 0 bridgehead atoms. The van der Waals surface area contributed by atoms with E-state index in [0.717, 1.165) is 5.75 Å². The molecule has 0 aliphatic carbocycles. The zero-order valence-electron chi connectivity index (χ0n) is 6.49. The fraction of sp³-hybridized carbons (Fsp3) is 0.111. The molecule has 1 aromatic rings.